The zero-order valence-corrected chi connectivity index (χ0v) is 28.7. The second-order valence-corrected chi connectivity index (χ2v) is 17.8. The number of carboxylic acid groups (broad SMARTS) is 1. The van der Waals surface area contributed by atoms with Crippen LogP contribution in [0.15, 0.2) is 42.0 Å². The minimum absolute atomic E-state index is 0.0147. The lowest BCUT2D eigenvalue weighted by Gasteiger charge is -2.71. The normalized spacial score (nSPS) is 42.2. The van der Waals surface area contributed by atoms with Crippen LogP contribution in [-0.4, -0.2) is 23.1 Å². The zero-order chi connectivity index (χ0) is 31.9. The zero-order valence-electron chi connectivity index (χ0n) is 28.0. The number of halogens is 1. The molecule has 0 saturated heterocycles. The fraction of sp³-hybridized carbons (Fsp3) is 0.692. The number of allylic oxidation sites excluding steroid dienone is 2. The summed E-state index contributed by atoms with van der Waals surface area (Å²) < 4.78 is 6.21. The smallest absolute Gasteiger partial charge is 0.331 e. The molecule has 1 N–H and O–H groups in total. The van der Waals surface area contributed by atoms with Crippen LogP contribution in [0.25, 0.3) is 6.08 Å². The molecule has 0 bridgehead atoms. The molecule has 6 rings (SSSR count). The lowest BCUT2D eigenvalue weighted by Crippen LogP contribution is -2.65. The Bertz CT molecular complexity index is 1390. The molecule has 1 aromatic carbocycles. The van der Waals surface area contributed by atoms with Crippen LogP contribution in [-0.2, 0) is 14.3 Å². The first kappa shape index (κ1) is 31.9. The molecule has 0 aromatic heterocycles. The van der Waals surface area contributed by atoms with Crippen LogP contribution in [0, 0.1) is 50.2 Å². The molecule has 4 fully saturated rings. The largest absolute Gasteiger partial charge is 0.481 e. The van der Waals surface area contributed by atoms with Crippen molar-refractivity contribution in [3.8, 4) is 0 Å². The first-order chi connectivity index (χ1) is 20.5. The Labute approximate surface area is 270 Å². The van der Waals surface area contributed by atoms with E-state index in [0.29, 0.717) is 16.9 Å². The third-order valence-corrected chi connectivity index (χ3v) is 14.8. The third kappa shape index (κ3) is 4.66. The number of fused-ring (bicyclic) bond motifs is 7. The maximum absolute atomic E-state index is 13.0. The van der Waals surface area contributed by atoms with Gasteiger partial charge in [0, 0.05) is 16.5 Å². The van der Waals surface area contributed by atoms with Gasteiger partial charge in [0.1, 0.15) is 6.10 Å². The molecule has 5 heteroatoms. The number of carbonyl (C=O) groups excluding carboxylic acids is 1. The molecule has 240 valence electrons. The SMILES string of the molecule is CC1(C)CC[C@]2(C(=O)O)CC[C@]3(C)C(=CC[C@@H]4[C@@]5(C)CC[C@H](OC(=O)/C=C/c6ccc(Cl)cc6)C(C)(C)[C@@H]5CC[C@]43C)[C@H]2C1. The van der Waals surface area contributed by atoms with Gasteiger partial charge in [-0.15, -0.1) is 0 Å². The van der Waals surface area contributed by atoms with Crippen LogP contribution in [0.4, 0.5) is 0 Å². The molecule has 0 radical (unpaired) electrons. The van der Waals surface area contributed by atoms with Crippen molar-refractivity contribution in [2.75, 3.05) is 0 Å². The highest BCUT2D eigenvalue weighted by Gasteiger charge is 2.69. The Morgan fingerprint density at radius 2 is 1.57 bits per heavy atom. The van der Waals surface area contributed by atoms with Gasteiger partial charge < -0.3 is 9.84 Å². The lowest BCUT2D eigenvalue weighted by molar-refractivity contribution is -0.212. The fourth-order valence-corrected chi connectivity index (χ4v) is 11.9. The summed E-state index contributed by atoms with van der Waals surface area (Å²) in [6, 6.07) is 7.44. The predicted octanol–water partition coefficient (Wildman–Crippen LogP) is 10.2. The second kappa shape index (κ2) is 10.5. The summed E-state index contributed by atoms with van der Waals surface area (Å²) in [6.45, 7) is 16.9. The Kier molecular flexibility index (Phi) is 7.59. The van der Waals surface area contributed by atoms with Crippen molar-refractivity contribution in [2.45, 2.75) is 119 Å². The highest BCUT2D eigenvalue weighted by molar-refractivity contribution is 6.30. The second-order valence-electron chi connectivity index (χ2n) is 17.3. The van der Waals surface area contributed by atoms with Crippen molar-refractivity contribution < 1.29 is 19.4 Å². The van der Waals surface area contributed by atoms with Crippen molar-refractivity contribution in [3.05, 3.63) is 52.6 Å². The monoisotopic (exact) mass is 620 g/mol. The van der Waals surface area contributed by atoms with Gasteiger partial charge in [-0.2, -0.15) is 0 Å². The van der Waals surface area contributed by atoms with Gasteiger partial charge in [0.2, 0.25) is 0 Å². The van der Waals surface area contributed by atoms with Gasteiger partial charge >= 0.3 is 11.9 Å². The predicted molar refractivity (Wildman–Crippen MR) is 177 cm³/mol. The molecule has 0 amide bonds. The van der Waals surface area contributed by atoms with Crippen LogP contribution in [0.3, 0.4) is 0 Å². The Morgan fingerprint density at radius 1 is 0.886 bits per heavy atom. The van der Waals surface area contributed by atoms with E-state index in [0.717, 1.165) is 69.8 Å². The number of aliphatic carboxylic acids is 1. The summed E-state index contributed by atoms with van der Waals surface area (Å²) in [7, 11) is 0. The Balaban J connectivity index is 1.26. The van der Waals surface area contributed by atoms with E-state index in [1.807, 2.05) is 24.3 Å². The number of ether oxygens (including phenoxy) is 1. The van der Waals surface area contributed by atoms with Crippen molar-refractivity contribution in [1.82, 2.24) is 0 Å². The molecular formula is C39H53ClO4. The molecular weight excluding hydrogens is 568 g/mol. The number of benzene rings is 1. The molecule has 0 spiro atoms. The Morgan fingerprint density at radius 3 is 2.25 bits per heavy atom. The van der Waals surface area contributed by atoms with E-state index < -0.39 is 11.4 Å². The van der Waals surface area contributed by atoms with E-state index >= 15 is 0 Å². The summed E-state index contributed by atoms with van der Waals surface area (Å²) >= 11 is 6.01. The molecule has 0 unspecified atom stereocenters. The quantitative estimate of drug-likeness (QED) is 0.207. The standard InChI is InChI=1S/C39H53ClO4/c1-34(2)20-22-39(33(42)43)23-21-37(6)27(28(39)24-34)13-14-30-36(5)18-17-31(35(3,4)29(36)16-19-38(30,37)7)44-32(41)15-10-25-8-11-26(40)12-9-25/h8-13,15,28-31H,14,16-24H2,1-7H3,(H,42,43)/b15-10+/t28-,29+,30-,31+,36+,37-,38-,39+/m1/s1. The first-order valence-electron chi connectivity index (χ1n) is 17.1. The fourth-order valence-electron chi connectivity index (χ4n) is 11.7. The molecule has 8 atom stereocenters. The number of carbonyl (C=O) groups is 2. The van der Waals surface area contributed by atoms with Crippen molar-refractivity contribution >= 4 is 29.6 Å². The van der Waals surface area contributed by atoms with E-state index in [2.05, 4.69) is 54.5 Å². The lowest BCUT2D eigenvalue weighted by atomic mass is 9.33. The molecule has 5 aliphatic carbocycles. The molecule has 0 heterocycles. The maximum atomic E-state index is 13.0. The number of carboxylic acids is 1. The maximum Gasteiger partial charge on any atom is 0.331 e. The van der Waals surface area contributed by atoms with Gasteiger partial charge in [-0.3, -0.25) is 4.79 Å². The number of rotatable bonds is 4. The van der Waals surface area contributed by atoms with E-state index in [4.69, 9.17) is 16.3 Å². The van der Waals surface area contributed by atoms with E-state index in [9.17, 15) is 14.7 Å². The highest BCUT2D eigenvalue weighted by Crippen LogP contribution is 2.75. The van der Waals surface area contributed by atoms with E-state index in [1.54, 1.807) is 12.2 Å². The van der Waals surface area contributed by atoms with Crippen LogP contribution < -0.4 is 0 Å². The van der Waals surface area contributed by atoms with Crippen molar-refractivity contribution in [2.24, 2.45) is 50.2 Å². The summed E-state index contributed by atoms with van der Waals surface area (Å²) in [6.07, 6.45) is 15.5. The highest BCUT2D eigenvalue weighted by atomic mass is 35.5. The summed E-state index contributed by atoms with van der Waals surface area (Å²) in [5, 5.41) is 11.3. The first-order valence-corrected chi connectivity index (χ1v) is 17.4. The minimum Gasteiger partial charge on any atom is -0.481 e. The van der Waals surface area contributed by atoms with Crippen LogP contribution in [0.1, 0.15) is 118 Å². The average molecular weight is 621 g/mol. The number of hydrogen-bond donors (Lipinski definition) is 1. The van der Waals surface area contributed by atoms with Gasteiger partial charge in [0.15, 0.2) is 0 Å². The average Bonchev–Trinajstić information content (AvgIpc) is 2.94. The molecule has 4 nitrogen and oxygen atoms in total. The van der Waals surface area contributed by atoms with E-state index in [-0.39, 0.29) is 45.1 Å². The van der Waals surface area contributed by atoms with Gasteiger partial charge in [-0.25, -0.2) is 4.79 Å². The van der Waals surface area contributed by atoms with Gasteiger partial charge in [0.25, 0.3) is 0 Å². The molecule has 4 saturated carbocycles. The van der Waals surface area contributed by atoms with Crippen LogP contribution in [0.5, 0.6) is 0 Å². The van der Waals surface area contributed by atoms with Crippen LogP contribution >= 0.6 is 11.6 Å². The van der Waals surface area contributed by atoms with E-state index in [1.165, 1.54) is 5.57 Å². The Hall–Kier alpha value is -2.07. The molecule has 44 heavy (non-hydrogen) atoms. The van der Waals surface area contributed by atoms with Gasteiger partial charge in [-0.05, 0) is 127 Å². The molecule has 5 aliphatic rings. The van der Waals surface area contributed by atoms with Gasteiger partial charge in [-0.1, -0.05) is 83.8 Å². The summed E-state index contributed by atoms with van der Waals surface area (Å²) in [5.41, 5.74) is 2.11. The summed E-state index contributed by atoms with van der Waals surface area (Å²) in [5.74, 6) is 0.269. The summed E-state index contributed by atoms with van der Waals surface area (Å²) in [4.78, 5) is 25.9. The van der Waals surface area contributed by atoms with Crippen LogP contribution in [0.2, 0.25) is 5.02 Å². The van der Waals surface area contributed by atoms with Gasteiger partial charge in [0.05, 0.1) is 5.41 Å². The number of hydrogen-bond acceptors (Lipinski definition) is 3. The topological polar surface area (TPSA) is 63.6 Å². The molecule has 1 aromatic rings. The third-order valence-electron chi connectivity index (χ3n) is 14.5. The number of esters is 1. The molecule has 0 aliphatic heterocycles. The minimum atomic E-state index is -0.600. The van der Waals surface area contributed by atoms with Crippen molar-refractivity contribution in [1.29, 1.82) is 0 Å². The van der Waals surface area contributed by atoms with Crippen molar-refractivity contribution in [3.63, 3.8) is 0 Å².